The molecule has 0 aliphatic rings. The highest BCUT2D eigenvalue weighted by Crippen LogP contribution is 2.42. The van der Waals surface area contributed by atoms with Gasteiger partial charge in [0.2, 0.25) is 5.91 Å². The molecular weight excluding hydrogens is 285 g/mol. The highest BCUT2D eigenvalue weighted by Gasteiger charge is 2.20. The minimum Gasteiger partial charge on any atom is -0.396 e. The summed E-state index contributed by atoms with van der Waals surface area (Å²) in [4.78, 5) is 20.3. The molecule has 7 nitrogen and oxygen atoms in total. The van der Waals surface area contributed by atoms with Crippen molar-refractivity contribution in [1.29, 1.82) is 0 Å². The molecule has 20 heavy (non-hydrogen) atoms. The van der Waals surface area contributed by atoms with E-state index in [0.29, 0.717) is 19.4 Å². The smallest absolute Gasteiger partial charge is 0.396 e. The number of rotatable bonds is 12. The Balaban J connectivity index is 3.70. The van der Waals surface area contributed by atoms with Crippen molar-refractivity contribution in [3.63, 3.8) is 0 Å². The van der Waals surface area contributed by atoms with Crippen molar-refractivity contribution in [2.45, 2.75) is 39.0 Å². The highest BCUT2D eigenvalue weighted by molar-refractivity contribution is 7.47. The van der Waals surface area contributed by atoms with Crippen molar-refractivity contribution in [3.8, 4) is 0 Å². The Hall–Kier alpha value is -0.460. The Labute approximate surface area is 120 Å². The fraction of sp³-hybridized carbons (Fsp3) is 0.917. The molecule has 0 spiro atoms. The molecule has 0 aromatic rings. The zero-order valence-electron chi connectivity index (χ0n) is 12.2. The average molecular weight is 311 g/mol. The first-order valence-corrected chi connectivity index (χ1v) is 8.35. The second-order valence-corrected chi connectivity index (χ2v) is 6.15. The molecule has 0 aliphatic heterocycles. The standard InChI is InChI=1S/C12H26NO6P/c1-3-6-12(15)13-8-5-4-7-11(9-14)10-19-20(16,17)18-2/h11,14H,3-10H2,1-2H3,(H,13,15)(H,16,17). The fourth-order valence-electron chi connectivity index (χ4n) is 1.58. The maximum absolute atomic E-state index is 11.2. The number of phosphoric acid groups is 1. The Morgan fingerprint density at radius 3 is 2.65 bits per heavy atom. The molecule has 0 saturated heterocycles. The van der Waals surface area contributed by atoms with Crippen LogP contribution in [0.15, 0.2) is 0 Å². The van der Waals surface area contributed by atoms with Crippen LogP contribution in [-0.2, 0) is 18.4 Å². The first-order chi connectivity index (χ1) is 9.45. The van der Waals surface area contributed by atoms with E-state index in [0.717, 1.165) is 26.4 Å². The molecule has 3 N–H and O–H groups in total. The van der Waals surface area contributed by atoms with Gasteiger partial charge in [0.15, 0.2) is 0 Å². The number of nitrogens with one attached hydrogen (secondary N) is 1. The third-order valence-corrected chi connectivity index (χ3v) is 3.74. The van der Waals surface area contributed by atoms with Crippen LogP contribution >= 0.6 is 7.82 Å². The molecule has 1 amide bonds. The quantitative estimate of drug-likeness (QED) is 0.372. The minimum atomic E-state index is -3.97. The molecule has 0 radical (unpaired) electrons. The van der Waals surface area contributed by atoms with Gasteiger partial charge in [0.05, 0.1) is 6.61 Å². The van der Waals surface area contributed by atoms with Crippen molar-refractivity contribution in [2.75, 3.05) is 26.9 Å². The van der Waals surface area contributed by atoms with E-state index in [-0.39, 0.29) is 25.0 Å². The lowest BCUT2D eigenvalue weighted by molar-refractivity contribution is -0.121. The van der Waals surface area contributed by atoms with E-state index in [1.807, 2.05) is 6.92 Å². The van der Waals surface area contributed by atoms with E-state index in [1.54, 1.807) is 0 Å². The predicted molar refractivity (Wildman–Crippen MR) is 75.1 cm³/mol. The van der Waals surface area contributed by atoms with Gasteiger partial charge in [-0.05, 0) is 19.3 Å². The van der Waals surface area contributed by atoms with Gasteiger partial charge in [-0.2, -0.15) is 0 Å². The van der Waals surface area contributed by atoms with Crippen LogP contribution in [0.5, 0.6) is 0 Å². The van der Waals surface area contributed by atoms with Crippen LogP contribution in [0.3, 0.4) is 0 Å². The Kier molecular flexibility index (Phi) is 11.0. The summed E-state index contributed by atoms with van der Waals surface area (Å²) < 4.78 is 20.1. The number of aliphatic hydroxyl groups excluding tert-OH is 1. The van der Waals surface area contributed by atoms with E-state index in [1.165, 1.54) is 0 Å². The summed E-state index contributed by atoms with van der Waals surface area (Å²) >= 11 is 0. The molecule has 0 saturated carbocycles. The molecule has 2 unspecified atom stereocenters. The Morgan fingerprint density at radius 1 is 1.40 bits per heavy atom. The molecular formula is C12H26NO6P. The van der Waals surface area contributed by atoms with Crippen molar-refractivity contribution in [3.05, 3.63) is 0 Å². The van der Waals surface area contributed by atoms with Gasteiger partial charge in [0.1, 0.15) is 0 Å². The zero-order chi connectivity index (χ0) is 15.4. The number of phosphoric ester groups is 1. The lowest BCUT2D eigenvalue weighted by Crippen LogP contribution is -2.24. The topological polar surface area (TPSA) is 105 Å². The van der Waals surface area contributed by atoms with Crippen molar-refractivity contribution >= 4 is 13.7 Å². The second kappa shape index (κ2) is 11.2. The monoisotopic (exact) mass is 311 g/mol. The summed E-state index contributed by atoms with van der Waals surface area (Å²) in [5.74, 6) is -0.159. The normalized spacial score (nSPS) is 15.6. The van der Waals surface area contributed by atoms with Gasteiger partial charge in [0, 0.05) is 32.6 Å². The van der Waals surface area contributed by atoms with Crippen LogP contribution in [0.1, 0.15) is 39.0 Å². The van der Waals surface area contributed by atoms with Crippen molar-refractivity contribution in [1.82, 2.24) is 5.32 Å². The zero-order valence-corrected chi connectivity index (χ0v) is 13.1. The van der Waals surface area contributed by atoms with Crippen LogP contribution in [0.4, 0.5) is 0 Å². The predicted octanol–water partition coefficient (Wildman–Crippen LogP) is 1.44. The molecule has 2 atom stereocenters. The number of hydrogen-bond acceptors (Lipinski definition) is 5. The van der Waals surface area contributed by atoms with Gasteiger partial charge < -0.3 is 15.3 Å². The second-order valence-electron chi connectivity index (χ2n) is 4.59. The maximum atomic E-state index is 11.2. The van der Waals surface area contributed by atoms with Gasteiger partial charge in [-0.15, -0.1) is 0 Å². The Morgan fingerprint density at radius 2 is 2.10 bits per heavy atom. The number of carbonyl (C=O) groups excluding carboxylic acids is 1. The third kappa shape index (κ3) is 10.3. The SMILES string of the molecule is CCCC(=O)NCCCCC(CO)COP(=O)(O)OC. The highest BCUT2D eigenvalue weighted by atomic mass is 31.2. The van der Waals surface area contributed by atoms with E-state index in [2.05, 4.69) is 9.84 Å². The molecule has 8 heteroatoms. The molecule has 0 rings (SSSR count). The largest absolute Gasteiger partial charge is 0.471 e. The van der Waals surface area contributed by atoms with Crippen molar-refractivity contribution in [2.24, 2.45) is 5.92 Å². The molecule has 0 fully saturated rings. The van der Waals surface area contributed by atoms with Crippen LogP contribution < -0.4 is 5.32 Å². The number of unbranched alkanes of at least 4 members (excludes halogenated alkanes) is 1. The molecule has 0 aromatic carbocycles. The molecule has 0 aliphatic carbocycles. The summed E-state index contributed by atoms with van der Waals surface area (Å²) in [6.07, 6.45) is 3.62. The van der Waals surface area contributed by atoms with Gasteiger partial charge in [0.25, 0.3) is 0 Å². The first-order valence-electron chi connectivity index (χ1n) is 6.85. The van der Waals surface area contributed by atoms with Crippen LogP contribution in [-0.4, -0.2) is 42.8 Å². The Bertz CT molecular complexity index is 312. The number of amides is 1. The fourth-order valence-corrected chi connectivity index (χ4v) is 2.09. The van der Waals surface area contributed by atoms with Crippen LogP contribution in [0, 0.1) is 5.92 Å². The minimum absolute atomic E-state index is 0.0275. The molecule has 120 valence electrons. The molecule has 0 heterocycles. The first kappa shape index (κ1) is 19.5. The summed E-state index contributed by atoms with van der Waals surface area (Å²) in [7, 11) is -2.88. The number of hydrogen-bond donors (Lipinski definition) is 3. The van der Waals surface area contributed by atoms with Gasteiger partial charge in [-0.25, -0.2) is 4.57 Å². The average Bonchev–Trinajstić information content (AvgIpc) is 2.42. The number of carbonyl (C=O) groups is 1. The summed E-state index contributed by atoms with van der Waals surface area (Å²) in [5, 5.41) is 12.0. The summed E-state index contributed by atoms with van der Waals surface area (Å²) in [5.41, 5.74) is 0. The third-order valence-electron chi connectivity index (χ3n) is 2.80. The number of aliphatic hydroxyl groups is 1. The lowest BCUT2D eigenvalue weighted by atomic mass is 10.0. The van der Waals surface area contributed by atoms with E-state index >= 15 is 0 Å². The molecule has 0 bridgehead atoms. The summed E-state index contributed by atoms with van der Waals surface area (Å²) in [6, 6.07) is 0. The maximum Gasteiger partial charge on any atom is 0.471 e. The lowest BCUT2D eigenvalue weighted by Gasteiger charge is -2.16. The molecule has 0 aromatic heterocycles. The van der Waals surface area contributed by atoms with E-state index in [4.69, 9.17) is 14.5 Å². The van der Waals surface area contributed by atoms with Gasteiger partial charge in [-0.3, -0.25) is 13.8 Å². The van der Waals surface area contributed by atoms with Crippen LogP contribution in [0.25, 0.3) is 0 Å². The van der Waals surface area contributed by atoms with Gasteiger partial charge in [-0.1, -0.05) is 13.3 Å². The van der Waals surface area contributed by atoms with Crippen LogP contribution in [0.2, 0.25) is 0 Å². The van der Waals surface area contributed by atoms with Gasteiger partial charge >= 0.3 is 7.82 Å². The van der Waals surface area contributed by atoms with Crippen molar-refractivity contribution < 1.29 is 28.4 Å². The van der Waals surface area contributed by atoms with E-state index in [9.17, 15) is 9.36 Å². The van der Waals surface area contributed by atoms with E-state index < -0.39 is 7.82 Å². The summed E-state index contributed by atoms with van der Waals surface area (Å²) in [6.45, 7) is 2.41.